The van der Waals surface area contributed by atoms with Crippen molar-refractivity contribution in [3.63, 3.8) is 0 Å². The summed E-state index contributed by atoms with van der Waals surface area (Å²) in [5.74, 6) is 2.37. The minimum Gasteiger partial charge on any atom is -0.359 e. The highest BCUT2D eigenvalue weighted by atomic mass is 32.1. The number of benzene rings is 1. The van der Waals surface area contributed by atoms with Gasteiger partial charge >= 0.3 is 0 Å². The molecule has 0 unspecified atom stereocenters. The topological polar surface area (TPSA) is 70.2 Å². The number of anilines is 1. The van der Waals surface area contributed by atoms with Gasteiger partial charge in [0.1, 0.15) is 0 Å². The van der Waals surface area contributed by atoms with Gasteiger partial charge in [-0.05, 0) is 92.6 Å². The summed E-state index contributed by atoms with van der Waals surface area (Å²) in [5.41, 5.74) is 1.75. The van der Waals surface area contributed by atoms with Crippen LogP contribution in [0.25, 0.3) is 0 Å². The van der Waals surface area contributed by atoms with E-state index in [-0.39, 0.29) is 17.2 Å². The van der Waals surface area contributed by atoms with Gasteiger partial charge in [0, 0.05) is 19.2 Å². The molecule has 4 aliphatic rings. The highest BCUT2D eigenvalue weighted by Crippen LogP contribution is 2.60. The van der Waals surface area contributed by atoms with Crippen molar-refractivity contribution in [2.24, 2.45) is 23.2 Å². The molecule has 2 amide bonds. The van der Waals surface area contributed by atoms with E-state index in [0.29, 0.717) is 18.0 Å². The predicted octanol–water partition coefficient (Wildman–Crippen LogP) is 3.39. The first kappa shape index (κ1) is 19.4. The molecule has 0 spiro atoms. The summed E-state index contributed by atoms with van der Waals surface area (Å²) in [5, 5.41) is 9.11. The molecule has 4 fully saturated rings. The number of rotatable bonds is 5. The lowest BCUT2D eigenvalue weighted by molar-refractivity contribution is -0.144. The highest BCUT2D eigenvalue weighted by molar-refractivity contribution is 7.80. The Balaban J connectivity index is 1.31. The molecular weight excluding hydrogens is 370 g/mol. The minimum atomic E-state index is -0.190. The zero-order valence-corrected chi connectivity index (χ0v) is 17.2. The van der Waals surface area contributed by atoms with Crippen LogP contribution in [0.3, 0.4) is 0 Å². The molecule has 3 N–H and O–H groups in total. The van der Waals surface area contributed by atoms with Crippen LogP contribution in [0.5, 0.6) is 0 Å². The van der Waals surface area contributed by atoms with Crippen LogP contribution in [0.15, 0.2) is 24.3 Å². The Morgan fingerprint density at radius 3 is 2.14 bits per heavy atom. The molecule has 4 aliphatic carbocycles. The summed E-state index contributed by atoms with van der Waals surface area (Å²) < 4.78 is 0. The first-order valence-corrected chi connectivity index (χ1v) is 10.8. The van der Waals surface area contributed by atoms with Crippen molar-refractivity contribution in [1.82, 2.24) is 10.6 Å². The Bertz CT molecular complexity index is 739. The molecule has 5 rings (SSSR count). The van der Waals surface area contributed by atoms with Gasteiger partial charge in [-0.1, -0.05) is 12.1 Å². The monoisotopic (exact) mass is 399 g/mol. The first-order valence-electron chi connectivity index (χ1n) is 10.4. The fraction of sp³-hybridized carbons (Fsp3) is 0.591. The van der Waals surface area contributed by atoms with Crippen molar-refractivity contribution in [3.8, 4) is 0 Å². The van der Waals surface area contributed by atoms with Gasteiger partial charge in [-0.3, -0.25) is 9.59 Å². The Morgan fingerprint density at radius 2 is 1.61 bits per heavy atom. The Hall–Kier alpha value is -1.95. The third-order valence-corrected chi connectivity index (χ3v) is 7.08. The lowest BCUT2D eigenvalue weighted by atomic mass is 9.49. The average molecular weight is 400 g/mol. The van der Waals surface area contributed by atoms with Crippen LogP contribution in [-0.2, 0) is 16.0 Å². The van der Waals surface area contributed by atoms with Crippen LogP contribution < -0.4 is 16.0 Å². The van der Waals surface area contributed by atoms with Crippen molar-refractivity contribution in [3.05, 3.63) is 29.8 Å². The molecule has 4 saturated carbocycles. The molecule has 0 radical (unpaired) electrons. The smallest absolute Gasteiger partial charge is 0.232 e. The van der Waals surface area contributed by atoms with E-state index in [1.807, 2.05) is 24.3 Å². The lowest BCUT2D eigenvalue weighted by Crippen LogP contribution is -2.55. The van der Waals surface area contributed by atoms with Crippen LogP contribution in [0.1, 0.15) is 50.5 Å². The quantitative estimate of drug-likeness (QED) is 0.664. The summed E-state index contributed by atoms with van der Waals surface area (Å²) in [7, 11) is 1.65. The highest BCUT2D eigenvalue weighted by Gasteiger charge is 2.54. The van der Waals surface area contributed by atoms with E-state index >= 15 is 0 Å². The van der Waals surface area contributed by atoms with Gasteiger partial charge in [-0.15, -0.1) is 0 Å². The number of carbonyl (C=O) groups is 2. The molecule has 28 heavy (non-hydrogen) atoms. The fourth-order valence-electron chi connectivity index (χ4n) is 5.92. The molecule has 0 atom stereocenters. The predicted molar refractivity (Wildman–Crippen MR) is 114 cm³/mol. The minimum absolute atomic E-state index is 0.0377. The average Bonchev–Trinajstić information content (AvgIpc) is 2.66. The molecule has 1 aromatic carbocycles. The third-order valence-electron chi connectivity index (χ3n) is 6.88. The molecule has 5 nitrogen and oxygen atoms in total. The van der Waals surface area contributed by atoms with Crippen molar-refractivity contribution < 1.29 is 9.59 Å². The Labute approximate surface area is 172 Å². The maximum absolute atomic E-state index is 13.1. The van der Waals surface area contributed by atoms with E-state index in [2.05, 4.69) is 16.0 Å². The summed E-state index contributed by atoms with van der Waals surface area (Å²) in [6.45, 7) is 0. The standard InChI is InChI=1S/C22H29N3O2S/c1-23-19(26)7-4-14-2-5-18(6-3-14)24-21(28)25-20(27)22-11-15-8-16(12-22)10-17(9-15)13-22/h2-3,5-6,15-17H,4,7-13H2,1H3,(H,23,26)(H2,24,25,27,28). The summed E-state index contributed by atoms with van der Waals surface area (Å²) in [6, 6.07) is 7.83. The number of hydrogen-bond acceptors (Lipinski definition) is 3. The fourth-order valence-corrected chi connectivity index (χ4v) is 6.13. The van der Waals surface area contributed by atoms with E-state index in [4.69, 9.17) is 12.2 Å². The van der Waals surface area contributed by atoms with Crippen molar-refractivity contribution >= 4 is 34.8 Å². The molecule has 0 aliphatic heterocycles. The van der Waals surface area contributed by atoms with Crippen molar-refractivity contribution in [2.45, 2.75) is 51.4 Å². The number of nitrogens with one attached hydrogen (secondary N) is 3. The van der Waals surface area contributed by atoms with E-state index < -0.39 is 0 Å². The van der Waals surface area contributed by atoms with Crippen LogP contribution in [0.4, 0.5) is 5.69 Å². The van der Waals surface area contributed by atoms with Gasteiger partial charge in [-0.25, -0.2) is 0 Å². The summed E-state index contributed by atoms with van der Waals surface area (Å²) in [4.78, 5) is 24.4. The van der Waals surface area contributed by atoms with E-state index in [9.17, 15) is 9.59 Å². The van der Waals surface area contributed by atoms with E-state index in [1.54, 1.807) is 7.05 Å². The van der Waals surface area contributed by atoms with Gasteiger partial charge in [0.05, 0.1) is 5.41 Å². The number of aryl methyl sites for hydroxylation is 1. The number of thiocarbonyl (C=S) groups is 1. The molecule has 6 heteroatoms. The van der Waals surface area contributed by atoms with Gasteiger partial charge in [-0.2, -0.15) is 0 Å². The number of hydrogen-bond donors (Lipinski definition) is 3. The molecule has 1 aromatic rings. The molecule has 0 saturated heterocycles. The van der Waals surface area contributed by atoms with E-state index in [0.717, 1.165) is 48.3 Å². The van der Waals surface area contributed by atoms with Crippen LogP contribution >= 0.6 is 12.2 Å². The summed E-state index contributed by atoms with van der Waals surface area (Å²) in [6.07, 6.45) is 8.24. The molecule has 150 valence electrons. The van der Waals surface area contributed by atoms with E-state index in [1.165, 1.54) is 19.3 Å². The van der Waals surface area contributed by atoms with Crippen LogP contribution in [-0.4, -0.2) is 24.0 Å². The van der Waals surface area contributed by atoms with Crippen molar-refractivity contribution in [1.29, 1.82) is 0 Å². The van der Waals surface area contributed by atoms with Gasteiger partial charge < -0.3 is 16.0 Å². The van der Waals surface area contributed by atoms with Crippen molar-refractivity contribution in [2.75, 3.05) is 12.4 Å². The number of amides is 2. The number of carbonyl (C=O) groups excluding carboxylic acids is 2. The second-order valence-corrected chi connectivity index (χ2v) is 9.38. The third kappa shape index (κ3) is 4.07. The zero-order valence-electron chi connectivity index (χ0n) is 16.4. The second-order valence-electron chi connectivity index (χ2n) is 8.98. The maximum atomic E-state index is 13.1. The molecule has 0 aromatic heterocycles. The molecular formula is C22H29N3O2S. The SMILES string of the molecule is CNC(=O)CCc1ccc(NC(=S)NC(=O)C23CC4CC(CC(C4)C2)C3)cc1. The van der Waals surface area contributed by atoms with Gasteiger partial charge in [0.25, 0.3) is 0 Å². The largest absolute Gasteiger partial charge is 0.359 e. The Kier molecular flexibility index (Phi) is 5.41. The van der Waals surface area contributed by atoms with Gasteiger partial charge in [0.15, 0.2) is 5.11 Å². The lowest BCUT2D eigenvalue weighted by Gasteiger charge is -2.55. The Morgan fingerprint density at radius 1 is 1.04 bits per heavy atom. The van der Waals surface area contributed by atoms with Crippen LogP contribution in [0.2, 0.25) is 0 Å². The zero-order chi connectivity index (χ0) is 19.7. The molecule has 4 bridgehead atoms. The first-order chi connectivity index (χ1) is 13.5. The summed E-state index contributed by atoms with van der Waals surface area (Å²) >= 11 is 5.41. The molecule has 0 heterocycles. The van der Waals surface area contributed by atoms with Crippen LogP contribution in [0, 0.1) is 23.2 Å². The second kappa shape index (κ2) is 7.82. The maximum Gasteiger partial charge on any atom is 0.232 e. The van der Waals surface area contributed by atoms with Gasteiger partial charge in [0.2, 0.25) is 11.8 Å². The normalized spacial score (nSPS) is 30.0.